The van der Waals surface area contributed by atoms with Gasteiger partial charge in [0.25, 0.3) is 0 Å². The highest BCUT2D eigenvalue weighted by Gasteiger charge is 2.22. The van der Waals surface area contributed by atoms with Crippen molar-refractivity contribution in [3.8, 4) is 5.75 Å². The Labute approximate surface area is 637 Å². The fraction of sp³-hybridized carbons (Fsp3) is 0.305. The number of aryl methyl sites for hydroxylation is 2. The number of phenols is 1. The van der Waals surface area contributed by atoms with Gasteiger partial charge in [0.2, 0.25) is 0 Å². The van der Waals surface area contributed by atoms with Crippen LogP contribution in [-0.4, -0.2) is 153 Å². The summed E-state index contributed by atoms with van der Waals surface area (Å²) in [5.41, 5.74) is 22.8. The van der Waals surface area contributed by atoms with Crippen molar-refractivity contribution >= 4 is 66.3 Å². The fourth-order valence-electron chi connectivity index (χ4n) is 15.3. The number of rotatable bonds is 27. The lowest BCUT2D eigenvalue weighted by molar-refractivity contribution is 0.239. The Morgan fingerprint density at radius 1 is 0.315 bits per heavy atom. The third-order valence-electron chi connectivity index (χ3n) is 21.1. The molecule has 12 aromatic rings. The van der Waals surface area contributed by atoms with Crippen LogP contribution in [0.15, 0.2) is 250 Å². The number of hydrogen-bond acceptors (Lipinski definition) is 13. The van der Waals surface area contributed by atoms with E-state index >= 15 is 0 Å². The van der Waals surface area contributed by atoms with Gasteiger partial charge in [-0.25, -0.2) is 0 Å². The second-order valence-corrected chi connectivity index (χ2v) is 28.8. The van der Waals surface area contributed by atoms with Crippen LogP contribution in [0, 0.1) is 13.8 Å². The van der Waals surface area contributed by atoms with Gasteiger partial charge in [-0.2, -0.15) is 0 Å². The Morgan fingerprint density at radius 2 is 0.620 bits per heavy atom. The highest BCUT2D eigenvalue weighted by Crippen LogP contribution is 2.41. The Hall–Kier alpha value is -9.74. The minimum Gasteiger partial charge on any atom is -0.508 e. The van der Waals surface area contributed by atoms with Gasteiger partial charge in [-0.3, -0.25) is 0 Å². The minimum absolute atomic E-state index is 0.135. The van der Waals surface area contributed by atoms with E-state index in [-0.39, 0.29) is 25.6 Å². The van der Waals surface area contributed by atoms with E-state index < -0.39 is 0 Å². The van der Waals surface area contributed by atoms with Crippen molar-refractivity contribution in [2.24, 2.45) is 0 Å². The number of nitrogens with zero attached hydrogens (tertiary/aromatic N) is 3. The zero-order valence-corrected chi connectivity index (χ0v) is 63.0. The molecular weight excluding hydrogens is 1340 g/mol. The molecular formula is C95H106N6O7. The van der Waals surface area contributed by atoms with Crippen LogP contribution in [0.3, 0.4) is 0 Å². The summed E-state index contributed by atoms with van der Waals surface area (Å²) in [6.45, 7) is 20.7. The molecule has 0 spiro atoms. The smallest absolute Gasteiger partial charge is 0.134 e. The van der Waals surface area contributed by atoms with Gasteiger partial charge in [-0.05, 0) is 197 Å². The average molecular weight is 1440 g/mol. The van der Waals surface area contributed by atoms with E-state index in [1.165, 1.54) is 66.8 Å². The first-order valence-corrected chi connectivity index (χ1v) is 39.1. The molecule has 3 aliphatic rings. The van der Waals surface area contributed by atoms with Gasteiger partial charge in [0.05, 0.1) is 0 Å². The van der Waals surface area contributed by atoms with E-state index in [9.17, 15) is 20.4 Å². The number of hydrogen-bond donors (Lipinski definition) is 7. The molecule has 15 rings (SSSR count). The number of aliphatic hydroxyl groups excluding tert-OH is 3. The number of fused-ring (bicyclic) bond motifs is 3. The molecule has 7 N–H and O–H groups in total. The van der Waals surface area contributed by atoms with Crippen molar-refractivity contribution in [3.05, 3.63) is 315 Å². The largest absolute Gasteiger partial charge is 0.508 e. The molecule has 13 heteroatoms. The first kappa shape index (κ1) is 76.5. The summed E-state index contributed by atoms with van der Waals surface area (Å²) in [5.74, 6) is 3.35. The van der Waals surface area contributed by atoms with E-state index in [1.54, 1.807) is 12.1 Å². The zero-order valence-electron chi connectivity index (χ0n) is 63.0. The Kier molecular flexibility index (Phi) is 27.5. The monoisotopic (exact) mass is 1440 g/mol. The quantitative estimate of drug-likeness (QED) is 0.0243. The van der Waals surface area contributed by atoms with Crippen LogP contribution in [0.25, 0.3) is 66.3 Å². The van der Waals surface area contributed by atoms with Crippen LogP contribution in [-0.2, 0) is 19.3 Å². The summed E-state index contributed by atoms with van der Waals surface area (Å²) in [6, 6.07) is 82.5. The van der Waals surface area contributed by atoms with Crippen LogP contribution < -0.4 is 16.0 Å². The van der Waals surface area contributed by atoms with Crippen LogP contribution in [0.2, 0.25) is 0 Å². The maximum Gasteiger partial charge on any atom is 0.134 e. The summed E-state index contributed by atoms with van der Waals surface area (Å²) < 4.78 is 18.8. The van der Waals surface area contributed by atoms with Crippen molar-refractivity contribution in [3.63, 3.8) is 0 Å². The number of nitrogens with one attached hydrogen (secondary N) is 3. The van der Waals surface area contributed by atoms with E-state index in [1.807, 2.05) is 30.3 Å². The van der Waals surface area contributed by atoms with Gasteiger partial charge in [0.1, 0.15) is 39.8 Å². The number of furan rings is 3. The van der Waals surface area contributed by atoms with Crippen molar-refractivity contribution in [2.75, 3.05) is 118 Å². The molecule has 108 heavy (non-hydrogen) atoms. The molecule has 3 aromatic heterocycles. The number of piperazine rings is 3. The summed E-state index contributed by atoms with van der Waals surface area (Å²) in [6.07, 6.45) is 7.23. The second-order valence-electron chi connectivity index (χ2n) is 28.8. The molecule has 0 radical (unpaired) electrons. The summed E-state index contributed by atoms with van der Waals surface area (Å²) >= 11 is 0. The molecule has 0 unspecified atom stereocenters. The van der Waals surface area contributed by atoms with E-state index in [0.29, 0.717) is 6.42 Å². The number of aliphatic hydroxyl groups is 3. The van der Waals surface area contributed by atoms with Crippen LogP contribution in [0.5, 0.6) is 5.75 Å². The van der Waals surface area contributed by atoms with Crippen molar-refractivity contribution < 1.29 is 33.7 Å². The highest BCUT2D eigenvalue weighted by atomic mass is 16.3. The normalized spacial score (nSPS) is 15.3. The van der Waals surface area contributed by atoms with Crippen molar-refractivity contribution in [2.45, 2.75) is 71.6 Å². The molecule has 0 saturated carbocycles. The number of phenolic OH excluding ortho intramolecular Hbond substituents is 1. The van der Waals surface area contributed by atoms with Gasteiger partial charge in [0, 0.05) is 153 Å². The first-order valence-electron chi connectivity index (χ1n) is 39.1. The predicted molar refractivity (Wildman–Crippen MR) is 444 cm³/mol. The number of allylic oxidation sites excluding steroid dienone is 3. The third-order valence-corrected chi connectivity index (χ3v) is 21.1. The number of benzene rings is 9. The topological polar surface area (TPSA) is 166 Å². The zero-order chi connectivity index (χ0) is 74.2. The van der Waals surface area contributed by atoms with Gasteiger partial charge in [0.15, 0.2) is 0 Å². The second kappa shape index (κ2) is 38.9. The molecule has 0 aliphatic carbocycles. The van der Waals surface area contributed by atoms with Crippen LogP contribution in [0.1, 0.15) is 117 Å². The van der Waals surface area contributed by atoms with E-state index in [0.717, 1.165) is 228 Å². The maximum absolute atomic E-state index is 9.93. The van der Waals surface area contributed by atoms with Crippen molar-refractivity contribution in [1.29, 1.82) is 0 Å². The van der Waals surface area contributed by atoms with Gasteiger partial charge < -0.3 is 64.3 Å². The van der Waals surface area contributed by atoms with E-state index in [2.05, 4.69) is 239 Å². The van der Waals surface area contributed by atoms with E-state index in [4.69, 9.17) is 13.3 Å². The molecule has 0 atom stereocenters. The molecule has 3 aliphatic heterocycles. The fourth-order valence-corrected chi connectivity index (χ4v) is 15.3. The van der Waals surface area contributed by atoms with Gasteiger partial charge in [-0.1, -0.05) is 187 Å². The predicted octanol–water partition coefficient (Wildman–Crippen LogP) is 17.2. The Balaban J connectivity index is 0.000000143. The van der Waals surface area contributed by atoms with Gasteiger partial charge in [-0.15, -0.1) is 0 Å². The molecule has 0 amide bonds. The third kappa shape index (κ3) is 20.5. The molecule has 0 bridgehead atoms. The summed E-state index contributed by atoms with van der Waals surface area (Å²) in [5, 5.41) is 52.5. The molecule has 558 valence electrons. The lowest BCUT2D eigenvalue weighted by Gasteiger charge is -2.26. The first-order chi connectivity index (χ1) is 53.1. The Morgan fingerprint density at radius 3 is 0.972 bits per heavy atom. The molecule has 9 aromatic carbocycles. The number of aromatic hydroxyl groups is 1. The molecule has 6 heterocycles. The summed E-state index contributed by atoms with van der Waals surface area (Å²) in [4.78, 5) is 7.48. The standard InChI is InChI=1S/2C32H36N2O2.C31H34N2O3/c1-24-9-11-26(12-10-24)32(30(8-5-21-35)25-6-3-2-4-7-25)27-13-14-31-28(22-27)23-29(36-31)15-18-34-19-16-33-17-20-34;1-24-9-11-26(12-10-24)32(30(8-5-21-35)25-6-3-2-4-7-25)28-14-13-27-22-29(36-31(27)23-28)15-18-34-19-16-33-17-20-34;34-20-4-7-29(23-5-2-1-3-6-23)31(24-8-11-27(35)12-9-24)25-10-13-30-26(21-25)22-28(36-30)14-17-33-18-15-32-16-19-33/h2*2-4,6-7,9-14,22-23,33,35H,5,8,15-21H2,1H3;1-3,5-6,8-13,21-22,32,34-35H,4,7,14-20H2/b2*32-30-;31-29-. The molecule has 3 saturated heterocycles. The maximum atomic E-state index is 9.93. The summed E-state index contributed by atoms with van der Waals surface area (Å²) in [7, 11) is 0. The Bertz CT molecular complexity index is 4390. The SMILES string of the molecule is Cc1ccc(/C(=C(\CCCO)c2ccccc2)c2ccc3cc(CCN4CCNCC4)oc3c2)cc1.Cc1ccc(/C(=C(\CCCO)c2ccccc2)c2ccc3oc(CCN4CCNCC4)cc3c2)cc1.OCCC/C(=C(\c1ccc(O)cc1)c1ccc2oc(CCN3CCNCC3)cc2c1)c1ccccc1. The molecule has 13 nitrogen and oxygen atoms in total. The average Bonchev–Trinajstić information content (AvgIpc) is 1.35. The minimum atomic E-state index is 0.135. The lowest BCUT2D eigenvalue weighted by atomic mass is 9.86. The van der Waals surface area contributed by atoms with Crippen LogP contribution >= 0.6 is 0 Å². The van der Waals surface area contributed by atoms with Crippen molar-refractivity contribution in [1.82, 2.24) is 30.7 Å². The van der Waals surface area contributed by atoms with Crippen LogP contribution in [0.4, 0.5) is 0 Å². The lowest BCUT2D eigenvalue weighted by Crippen LogP contribution is -2.44. The molecule has 3 fully saturated rings. The highest BCUT2D eigenvalue weighted by molar-refractivity contribution is 6.03. The van der Waals surface area contributed by atoms with Gasteiger partial charge >= 0.3 is 0 Å².